The van der Waals surface area contributed by atoms with Crippen LogP contribution in [-0.2, 0) is 14.6 Å². The van der Waals surface area contributed by atoms with E-state index in [4.69, 9.17) is 5.73 Å². The summed E-state index contributed by atoms with van der Waals surface area (Å²) >= 11 is 4.62. The van der Waals surface area contributed by atoms with Crippen LogP contribution in [0.15, 0.2) is 0 Å². The minimum atomic E-state index is -2.96. The Hall–Kier alpha value is -0.690. The maximum Gasteiger partial charge on any atom is 0.229 e. The minimum Gasteiger partial charge on any atom is -0.393 e. The van der Waals surface area contributed by atoms with Gasteiger partial charge in [0, 0.05) is 13.1 Å². The van der Waals surface area contributed by atoms with Crippen molar-refractivity contribution < 1.29 is 13.2 Å². The lowest BCUT2D eigenvalue weighted by Crippen LogP contribution is -2.39. The van der Waals surface area contributed by atoms with E-state index in [2.05, 4.69) is 12.2 Å². The number of hydrogen-bond donors (Lipinski definition) is 1. The van der Waals surface area contributed by atoms with Crippen LogP contribution in [0.3, 0.4) is 0 Å². The van der Waals surface area contributed by atoms with Crippen LogP contribution in [0.5, 0.6) is 0 Å². The fourth-order valence-corrected chi connectivity index (χ4v) is 3.46. The van der Waals surface area contributed by atoms with Crippen LogP contribution in [0.25, 0.3) is 0 Å². The fraction of sp³-hybridized carbons (Fsp3) is 0.750. The molecule has 7 heteroatoms. The van der Waals surface area contributed by atoms with E-state index in [-0.39, 0.29) is 34.9 Å². The molecule has 1 aliphatic rings. The highest BCUT2D eigenvalue weighted by Gasteiger charge is 2.32. The van der Waals surface area contributed by atoms with E-state index in [9.17, 15) is 13.2 Å². The molecule has 0 aliphatic carbocycles. The number of nitrogens with zero attached hydrogens (tertiary/aromatic N) is 1. The molecule has 0 spiro atoms. The third-order valence-electron chi connectivity index (χ3n) is 2.47. The summed E-state index contributed by atoms with van der Waals surface area (Å²) in [5.41, 5.74) is 5.25. The molecule has 0 radical (unpaired) electrons. The summed E-state index contributed by atoms with van der Waals surface area (Å²) in [6.07, 6.45) is 0.504. The van der Waals surface area contributed by atoms with Crippen LogP contribution >= 0.6 is 12.2 Å². The molecular formula is C8H14N2O3S2. The average Bonchev–Trinajstić information content (AvgIpc) is 2.43. The topological polar surface area (TPSA) is 80.5 Å². The van der Waals surface area contributed by atoms with Crippen LogP contribution in [0.4, 0.5) is 0 Å². The predicted molar refractivity (Wildman–Crippen MR) is 61.2 cm³/mol. The minimum absolute atomic E-state index is 0.00236. The van der Waals surface area contributed by atoms with Gasteiger partial charge >= 0.3 is 0 Å². The van der Waals surface area contributed by atoms with Crippen LogP contribution < -0.4 is 5.73 Å². The second-order valence-electron chi connectivity index (χ2n) is 3.70. The molecule has 1 heterocycles. The van der Waals surface area contributed by atoms with Crippen molar-refractivity contribution >= 4 is 33.0 Å². The standard InChI is InChI=1S/C8H14N2O3S2/c1-10(8(11)4-7(9)14)6-2-3-15(12,13)5-6/h6H,2-5H2,1H3,(H2,9,14). The Labute approximate surface area is 94.5 Å². The largest absolute Gasteiger partial charge is 0.393 e. The third-order valence-corrected chi connectivity index (χ3v) is 4.37. The van der Waals surface area contributed by atoms with Crippen molar-refractivity contribution in [1.82, 2.24) is 4.90 Å². The van der Waals surface area contributed by atoms with E-state index in [1.807, 2.05) is 0 Å². The summed E-state index contributed by atoms with van der Waals surface area (Å²) in [7, 11) is -1.37. The van der Waals surface area contributed by atoms with Gasteiger partial charge in [-0.1, -0.05) is 12.2 Å². The highest BCUT2D eigenvalue weighted by molar-refractivity contribution is 7.91. The second kappa shape index (κ2) is 4.44. The quantitative estimate of drug-likeness (QED) is 0.670. The Kier molecular flexibility index (Phi) is 3.67. The normalized spacial score (nSPS) is 23.7. The Morgan fingerprint density at radius 3 is 2.60 bits per heavy atom. The van der Waals surface area contributed by atoms with Crippen molar-refractivity contribution in [3.05, 3.63) is 0 Å². The molecule has 0 bridgehead atoms. The lowest BCUT2D eigenvalue weighted by atomic mass is 10.2. The summed E-state index contributed by atoms with van der Waals surface area (Å²) in [4.78, 5) is 13.1. The van der Waals surface area contributed by atoms with Crippen LogP contribution in [0.2, 0.25) is 0 Å². The molecule has 1 fully saturated rings. The van der Waals surface area contributed by atoms with Gasteiger partial charge in [0.1, 0.15) is 0 Å². The SMILES string of the molecule is CN(C(=O)CC(N)=S)C1CCS(=O)(=O)C1. The number of hydrogen-bond acceptors (Lipinski definition) is 4. The van der Waals surface area contributed by atoms with Crippen molar-refractivity contribution in [2.24, 2.45) is 5.73 Å². The summed E-state index contributed by atoms with van der Waals surface area (Å²) in [6, 6.07) is -0.225. The van der Waals surface area contributed by atoms with Gasteiger partial charge in [-0.25, -0.2) is 8.42 Å². The number of rotatable bonds is 3. The zero-order valence-corrected chi connectivity index (χ0v) is 10.1. The van der Waals surface area contributed by atoms with Crippen LogP contribution in [-0.4, -0.2) is 48.8 Å². The Morgan fingerprint density at radius 1 is 1.60 bits per heavy atom. The Balaban J connectivity index is 2.59. The van der Waals surface area contributed by atoms with Gasteiger partial charge in [-0.05, 0) is 6.42 Å². The maximum atomic E-state index is 11.5. The molecule has 1 amide bonds. The summed E-state index contributed by atoms with van der Waals surface area (Å²) in [6.45, 7) is 0. The third kappa shape index (κ3) is 3.42. The van der Waals surface area contributed by atoms with E-state index in [1.54, 1.807) is 7.05 Å². The number of sulfone groups is 1. The number of carbonyl (C=O) groups excluding carboxylic acids is 1. The van der Waals surface area contributed by atoms with Gasteiger partial charge in [-0.3, -0.25) is 4.79 Å². The fourth-order valence-electron chi connectivity index (χ4n) is 1.56. The molecule has 1 unspecified atom stereocenters. The molecule has 0 aromatic carbocycles. The number of nitrogens with two attached hydrogens (primary N) is 1. The van der Waals surface area contributed by atoms with Crippen molar-refractivity contribution in [2.45, 2.75) is 18.9 Å². The molecule has 0 saturated carbocycles. The Bertz CT molecular complexity index is 377. The number of thiocarbonyl (C=S) groups is 1. The van der Waals surface area contributed by atoms with E-state index >= 15 is 0 Å². The Morgan fingerprint density at radius 2 is 2.20 bits per heavy atom. The molecule has 1 atom stereocenters. The van der Waals surface area contributed by atoms with Gasteiger partial charge in [0.25, 0.3) is 0 Å². The average molecular weight is 250 g/mol. The molecule has 1 rings (SSSR count). The summed E-state index contributed by atoms with van der Waals surface area (Å²) in [5.74, 6) is -0.0147. The molecule has 2 N–H and O–H groups in total. The molecule has 1 aliphatic heterocycles. The highest BCUT2D eigenvalue weighted by Crippen LogP contribution is 2.16. The van der Waals surface area contributed by atoms with Gasteiger partial charge in [0.15, 0.2) is 9.84 Å². The zero-order chi connectivity index (χ0) is 11.6. The summed E-state index contributed by atoms with van der Waals surface area (Å²) in [5, 5.41) is 0. The van der Waals surface area contributed by atoms with Gasteiger partial charge in [0.05, 0.1) is 22.9 Å². The number of amides is 1. The van der Waals surface area contributed by atoms with E-state index in [0.717, 1.165) is 0 Å². The first kappa shape index (κ1) is 12.4. The van der Waals surface area contributed by atoms with Gasteiger partial charge in [-0.2, -0.15) is 0 Å². The molecule has 86 valence electrons. The lowest BCUT2D eigenvalue weighted by Gasteiger charge is -2.23. The summed E-state index contributed by atoms with van der Waals surface area (Å²) < 4.78 is 22.4. The monoisotopic (exact) mass is 250 g/mol. The second-order valence-corrected chi connectivity index (χ2v) is 6.46. The van der Waals surface area contributed by atoms with Crippen LogP contribution in [0.1, 0.15) is 12.8 Å². The van der Waals surface area contributed by atoms with Crippen molar-refractivity contribution in [3.63, 3.8) is 0 Å². The van der Waals surface area contributed by atoms with E-state index in [0.29, 0.717) is 6.42 Å². The molecule has 5 nitrogen and oxygen atoms in total. The van der Waals surface area contributed by atoms with Crippen molar-refractivity contribution in [3.8, 4) is 0 Å². The predicted octanol–water partition coefficient (Wildman–Crippen LogP) is -0.692. The van der Waals surface area contributed by atoms with Gasteiger partial charge in [-0.15, -0.1) is 0 Å². The van der Waals surface area contributed by atoms with Crippen molar-refractivity contribution in [2.75, 3.05) is 18.6 Å². The van der Waals surface area contributed by atoms with Crippen molar-refractivity contribution in [1.29, 1.82) is 0 Å². The molecular weight excluding hydrogens is 236 g/mol. The molecule has 15 heavy (non-hydrogen) atoms. The zero-order valence-electron chi connectivity index (χ0n) is 8.47. The molecule has 0 aromatic rings. The maximum absolute atomic E-state index is 11.5. The first-order chi connectivity index (χ1) is 6.82. The van der Waals surface area contributed by atoms with Crippen LogP contribution in [0, 0.1) is 0 Å². The molecule has 0 aromatic heterocycles. The number of carbonyl (C=O) groups is 1. The van der Waals surface area contributed by atoms with E-state index in [1.165, 1.54) is 4.90 Å². The highest BCUT2D eigenvalue weighted by atomic mass is 32.2. The van der Waals surface area contributed by atoms with Gasteiger partial charge < -0.3 is 10.6 Å². The van der Waals surface area contributed by atoms with E-state index < -0.39 is 9.84 Å². The first-order valence-electron chi connectivity index (χ1n) is 4.56. The molecule has 1 saturated heterocycles. The van der Waals surface area contributed by atoms with Gasteiger partial charge in [0.2, 0.25) is 5.91 Å². The lowest BCUT2D eigenvalue weighted by molar-refractivity contribution is -0.130. The smallest absolute Gasteiger partial charge is 0.229 e. The first-order valence-corrected chi connectivity index (χ1v) is 6.79.